The molecule has 0 aliphatic heterocycles. The van der Waals surface area contributed by atoms with Gasteiger partial charge >= 0.3 is 0 Å². The number of hydrogen-bond acceptors (Lipinski definition) is 2. The van der Waals surface area contributed by atoms with E-state index < -0.39 is 0 Å². The van der Waals surface area contributed by atoms with E-state index in [1.807, 2.05) is 0 Å². The molecule has 1 aliphatic carbocycles. The number of hydrogen-bond donors (Lipinski definition) is 1. The van der Waals surface area contributed by atoms with Crippen molar-refractivity contribution in [1.82, 2.24) is 10.2 Å². The molecule has 2 heteroatoms. The number of rotatable bonds is 8. The van der Waals surface area contributed by atoms with Crippen molar-refractivity contribution in [3.8, 4) is 0 Å². The van der Waals surface area contributed by atoms with Crippen molar-refractivity contribution in [3.63, 3.8) is 0 Å². The van der Waals surface area contributed by atoms with Crippen LogP contribution in [0.2, 0.25) is 0 Å². The Kier molecular flexibility index (Phi) is 7.70. The monoisotopic (exact) mass is 296 g/mol. The van der Waals surface area contributed by atoms with E-state index in [1.54, 1.807) is 0 Å². The molecule has 0 unspecified atom stereocenters. The van der Waals surface area contributed by atoms with E-state index in [0.29, 0.717) is 17.5 Å². The van der Waals surface area contributed by atoms with Gasteiger partial charge in [0.15, 0.2) is 0 Å². The Balaban J connectivity index is 2.74. The summed E-state index contributed by atoms with van der Waals surface area (Å²) < 4.78 is 0. The smallest absolute Gasteiger partial charge is 0.00530 e. The average Bonchev–Trinajstić information content (AvgIpc) is 2.38. The summed E-state index contributed by atoms with van der Waals surface area (Å²) in [7, 11) is 0. The first kappa shape index (κ1) is 19.0. The van der Waals surface area contributed by atoms with Crippen LogP contribution in [0.1, 0.15) is 74.1 Å². The van der Waals surface area contributed by atoms with Gasteiger partial charge in [-0.05, 0) is 43.9 Å². The molecule has 0 aromatic rings. The second kappa shape index (κ2) is 8.53. The van der Waals surface area contributed by atoms with Gasteiger partial charge in [-0.1, -0.05) is 47.5 Å². The number of nitrogens with zero attached hydrogens (tertiary/aromatic N) is 1. The highest BCUT2D eigenvalue weighted by Crippen LogP contribution is 2.39. The quantitative estimate of drug-likeness (QED) is 0.707. The van der Waals surface area contributed by atoms with E-state index in [2.05, 4.69) is 58.7 Å². The van der Waals surface area contributed by atoms with Gasteiger partial charge in [0.05, 0.1) is 0 Å². The maximum Gasteiger partial charge on any atom is 0.00530 e. The van der Waals surface area contributed by atoms with Gasteiger partial charge in [0.2, 0.25) is 0 Å². The van der Waals surface area contributed by atoms with Crippen LogP contribution in [0.4, 0.5) is 0 Å². The van der Waals surface area contributed by atoms with E-state index in [4.69, 9.17) is 0 Å². The standard InChI is InChI=1S/C19H40N2/c1-15(2)12-21(17(5)6)14-19(13-20-16(3)4)10-8-18(7)9-11-19/h15-18,20H,8-14H2,1-7H3. The first-order valence-electron chi connectivity index (χ1n) is 9.21. The van der Waals surface area contributed by atoms with Crippen LogP contribution in [0.15, 0.2) is 0 Å². The summed E-state index contributed by atoms with van der Waals surface area (Å²) in [5, 5.41) is 3.74. The van der Waals surface area contributed by atoms with Crippen LogP contribution in [0.25, 0.3) is 0 Å². The lowest BCUT2D eigenvalue weighted by molar-refractivity contribution is 0.0622. The van der Waals surface area contributed by atoms with Crippen molar-refractivity contribution >= 4 is 0 Å². The highest BCUT2D eigenvalue weighted by molar-refractivity contribution is 4.90. The topological polar surface area (TPSA) is 15.3 Å². The third-order valence-electron chi connectivity index (χ3n) is 5.09. The Morgan fingerprint density at radius 1 is 1.05 bits per heavy atom. The molecular formula is C19H40N2. The molecule has 0 atom stereocenters. The minimum absolute atomic E-state index is 0.496. The summed E-state index contributed by atoms with van der Waals surface area (Å²) in [6.45, 7) is 20.1. The van der Waals surface area contributed by atoms with E-state index in [-0.39, 0.29) is 0 Å². The van der Waals surface area contributed by atoms with Crippen molar-refractivity contribution < 1.29 is 0 Å². The van der Waals surface area contributed by atoms with Gasteiger partial charge < -0.3 is 10.2 Å². The first-order chi connectivity index (χ1) is 9.74. The van der Waals surface area contributed by atoms with Crippen molar-refractivity contribution in [2.24, 2.45) is 17.3 Å². The van der Waals surface area contributed by atoms with Crippen LogP contribution in [-0.2, 0) is 0 Å². The third kappa shape index (κ3) is 6.69. The second-order valence-corrected chi connectivity index (χ2v) is 8.64. The summed E-state index contributed by atoms with van der Waals surface area (Å²) in [6.07, 6.45) is 5.62. The molecule has 1 fully saturated rings. The Bertz CT molecular complexity index is 275. The fourth-order valence-corrected chi connectivity index (χ4v) is 3.54. The molecule has 2 nitrogen and oxygen atoms in total. The van der Waals surface area contributed by atoms with E-state index in [1.165, 1.54) is 45.3 Å². The van der Waals surface area contributed by atoms with Crippen LogP contribution >= 0.6 is 0 Å². The molecule has 1 aliphatic rings. The van der Waals surface area contributed by atoms with Crippen LogP contribution in [0, 0.1) is 17.3 Å². The minimum Gasteiger partial charge on any atom is -0.314 e. The van der Waals surface area contributed by atoms with Crippen molar-refractivity contribution in [1.29, 1.82) is 0 Å². The van der Waals surface area contributed by atoms with E-state index >= 15 is 0 Å². The minimum atomic E-state index is 0.496. The van der Waals surface area contributed by atoms with Crippen LogP contribution in [0.3, 0.4) is 0 Å². The molecule has 0 aromatic heterocycles. The second-order valence-electron chi connectivity index (χ2n) is 8.64. The van der Waals surface area contributed by atoms with Crippen LogP contribution < -0.4 is 5.32 Å². The molecule has 1 N–H and O–H groups in total. The molecule has 0 saturated heterocycles. The van der Waals surface area contributed by atoms with Gasteiger partial charge in [0.1, 0.15) is 0 Å². The summed E-state index contributed by atoms with van der Waals surface area (Å²) in [5.74, 6) is 1.68. The predicted octanol–water partition coefficient (Wildman–Crippen LogP) is 4.55. The highest BCUT2D eigenvalue weighted by Gasteiger charge is 2.36. The molecule has 0 spiro atoms. The largest absolute Gasteiger partial charge is 0.314 e. The van der Waals surface area contributed by atoms with Gasteiger partial charge in [0.25, 0.3) is 0 Å². The zero-order chi connectivity index (χ0) is 16.0. The van der Waals surface area contributed by atoms with Crippen molar-refractivity contribution in [3.05, 3.63) is 0 Å². The SMILES string of the molecule is CC(C)CN(CC1(CNC(C)C)CCC(C)CC1)C(C)C. The average molecular weight is 297 g/mol. The fraction of sp³-hybridized carbons (Fsp3) is 1.00. The Labute approximate surface area is 134 Å². The lowest BCUT2D eigenvalue weighted by Crippen LogP contribution is -2.49. The molecule has 0 amide bonds. The summed E-state index contributed by atoms with van der Waals surface area (Å²) in [6, 6.07) is 1.25. The van der Waals surface area contributed by atoms with Gasteiger partial charge in [-0.15, -0.1) is 0 Å². The van der Waals surface area contributed by atoms with Gasteiger partial charge in [-0.2, -0.15) is 0 Å². The first-order valence-corrected chi connectivity index (χ1v) is 9.21. The van der Waals surface area contributed by atoms with E-state index in [9.17, 15) is 0 Å². The zero-order valence-corrected chi connectivity index (χ0v) is 15.7. The molecule has 0 heterocycles. The fourth-order valence-electron chi connectivity index (χ4n) is 3.54. The predicted molar refractivity (Wildman–Crippen MR) is 94.8 cm³/mol. The van der Waals surface area contributed by atoms with Crippen molar-refractivity contribution in [2.45, 2.75) is 86.2 Å². The molecule has 126 valence electrons. The number of nitrogens with one attached hydrogen (secondary N) is 1. The summed E-state index contributed by atoms with van der Waals surface area (Å²) in [4.78, 5) is 2.72. The Morgan fingerprint density at radius 3 is 2.05 bits per heavy atom. The van der Waals surface area contributed by atoms with Gasteiger partial charge in [-0.25, -0.2) is 0 Å². The van der Waals surface area contributed by atoms with E-state index in [0.717, 1.165) is 11.8 Å². The normalized spacial score (nSPS) is 27.3. The van der Waals surface area contributed by atoms with Crippen LogP contribution in [-0.4, -0.2) is 36.6 Å². The Hall–Kier alpha value is -0.0800. The molecule has 1 rings (SSSR count). The Morgan fingerprint density at radius 2 is 1.62 bits per heavy atom. The maximum absolute atomic E-state index is 3.74. The molecule has 0 bridgehead atoms. The lowest BCUT2D eigenvalue weighted by atomic mass is 9.70. The highest BCUT2D eigenvalue weighted by atomic mass is 15.2. The summed E-state index contributed by atoms with van der Waals surface area (Å²) >= 11 is 0. The molecule has 1 saturated carbocycles. The lowest BCUT2D eigenvalue weighted by Gasteiger charge is -2.45. The maximum atomic E-state index is 3.74. The van der Waals surface area contributed by atoms with Crippen LogP contribution in [0.5, 0.6) is 0 Å². The summed E-state index contributed by atoms with van der Waals surface area (Å²) in [5.41, 5.74) is 0.496. The zero-order valence-electron chi connectivity index (χ0n) is 15.7. The molecule has 0 aromatic carbocycles. The molecular weight excluding hydrogens is 256 g/mol. The van der Waals surface area contributed by atoms with Gasteiger partial charge in [-0.3, -0.25) is 0 Å². The van der Waals surface area contributed by atoms with Gasteiger partial charge in [0, 0.05) is 31.7 Å². The third-order valence-corrected chi connectivity index (χ3v) is 5.09. The molecule has 0 radical (unpaired) electrons. The molecule has 21 heavy (non-hydrogen) atoms. The van der Waals surface area contributed by atoms with Crippen molar-refractivity contribution in [2.75, 3.05) is 19.6 Å².